The van der Waals surface area contributed by atoms with Gasteiger partial charge in [-0.05, 0) is 26.0 Å². The molecule has 20 heavy (non-hydrogen) atoms. The van der Waals surface area contributed by atoms with E-state index in [4.69, 9.17) is 5.73 Å². The molecule has 7 heteroatoms. The Kier molecular flexibility index (Phi) is 3.37. The van der Waals surface area contributed by atoms with Crippen LogP contribution in [0.2, 0.25) is 0 Å². The summed E-state index contributed by atoms with van der Waals surface area (Å²) >= 11 is 3.00. The fourth-order valence-corrected chi connectivity index (χ4v) is 3.39. The van der Waals surface area contributed by atoms with Crippen LogP contribution in [-0.2, 0) is 0 Å². The lowest BCUT2D eigenvalue weighted by molar-refractivity contribution is 1.19. The van der Waals surface area contributed by atoms with Gasteiger partial charge in [-0.25, -0.2) is 15.0 Å². The summed E-state index contributed by atoms with van der Waals surface area (Å²) in [5, 5.41) is 6.59. The average Bonchev–Trinajstić information content (AvgIpc) is 2.96. The maximum atomic E-state index is 5.72. The van der Waals surface area contributed by atoms with Crippen LogP contribution in [0, 0.1) is 13.8 Å². The van der Waals surface area contributed by atoms with Gasteiger partial charge in [0.15, 0.2) is 10.3 Å². The molecule has 0 aliphatic carbocycles. The minimum absolute atomic E-state index is 0.570. The summed E-state index contributed by atoms with van der Waals surface area (Å²) < 4.78 is 0. The van der Waals surface area contributed by atoms with Crippen molar-refractivity contribution in [3.63, 3.8) is 0 Å². The molecule has 0 aromatic carbocycles. The number of anilines is 3. The molecule has 0 atom stereocenters. The molecule has 102 valence electrons. The number of nitrogens with one attached hydrogen (secondary N) is 1. The van der Waals surface area contributed by atoms with Gasteiger partial charge in [0, 0.05) is 11.1 Å². The second-order valence-corrected chi connectivity index (χ2v) is 6.18. The highest BCUT2D eigenvalue weighted by atomic mass is 32.1. The molecule has 0 radical (unpaired) electrons. The average molecular weight is 303 g/mol. The normalized spacial score (nSPS) is 10.7. The number of aryl methyl sites for hydroxylation is 2. The highest BCUT2D eigenvalue weighted by Gasteiger charge is 2.12. The van der Waals surface area contributed by atoms with Gasteiger partial charge < -0.3 is 11.1 Å². The molecule has 0 saturated carbocycles. The molecule has 3 N–H and O–H groups in total. The molecule has 3 aromatic heterocycles. The first-order chi connectivity index (χ1) is 9.61. The summed E-state index contributed by atoms with van der Waals surface area (Å²) in [5.74, 6) is 0.798. The highest BCUT2D eigenvalue weighted by Crippen LogP contribution is 2.33. The Morgan fingerprint density at radius 2 is 2.00 bits per heavy atom. The standard InChI is InChI=1S/C13H13N5S2/c1-7-4-3-5-10(15-7)18-13-17-9(6-19-13)11-8(2)16-12(14)20-11/h3-6H,1-2H3,(H2,14,16)(H,15,17,18). The van der Waals surface area contributed by atoms with Crippen LogP contribution in [0.3, 0.4) is 0 Å². The smallest absolute Gasteiger partial charge is 0.188 e. The lowest BCUT2D eigenvalue weighted by Crippen LogP contribution is -1.93. The molecule has 0 saturated heterocycles. The molecule has 0 aliphatic heterocycles. The van der Waals surface area contributed by atoms with Gasteiger partial charge in [-0.1, -0.05) is 17.4 Å². The molecular weight excluding hydrogens is 290 g/mol. The maximum absolute atomic E-state index is 5.72. The molecule has 3 rings (SSSR count). The molecule has 0 fully saturated rings. The van der Waals surface area contributed by atoms with Crippen molar-refractivity contribution in [3.05, 3.63) is 35.0 Å². The number of nitrogen functional groups attached to an aromatic ring is 1. The van der Waals surface area contributed by atoms with Gasteiger partial charge >= 0.3 is 0 Å². The molecule has 0 aliphatic rings. The molecule has 0 bridgehead atoms. The van der Waals surface area contributed by atoms with E-state index < -0.39 is 0 Å². The van der Waals surface area contributed by atoms with Crippen molar-refractivity contribution in [2.24, 2.45) is 0 Å². The molecular formula is C13H13N5S2. The van der Waals surface area contributed by atoms with E-state index in [1.807, 2.05) is 37.4 Å². The van der Waals surface area contributed by atoms with Crippen molar-refractivity contribution in [2.45, 2.75) is 13.8 Å². The second kappa shape index (κ2) is 5.18. The summed E-state index contributed by atoms with van der Waals surface area (Å²) in [7, 11) is 0. The van der Waals surface area contributed by atoms with Crippen LogP contribution in [0.25, 0.3) is 10.6 Å². The predicted molar refractivity (Wildman–Crippen MR) is 84.6 cm³/mol. The maximum Gasteiger partial charge on any atom is 0.188 e. The zero-order chi connectivity index (χ0) is 14.1. The van der Waals surface area contributed by atoms with Gasteiger partial charge in [-0.15, -0.1) is 11.3 Å². The third-order valence-electron chi connectivity index (χ3n) is 2.67. The van der Waals surface area contributed by atoms with Crippen LogP contribution in [0.5, 0.6) is 0 Å². The largest absolute Gasteiger partial charge is 0.375 e. The Labute approximate surface area is 124 Å². The van der Waals surface area contributed by atoms with E-state index in [0.717, 1.165) is 32.9 Å². The second-order valence-electron chi connectivity index (χ2n) is 4.29. The predicted octanol–water partition coefficient (Wildman–Crippen LogP) is 3.60. The van der Waals surface area contributed by atoms with Gasteiger partial charge in [0.2, 0.25) is 0 Å². The first-order valence-electron chi connectivity index (χ1n) is 6.01. The number of hydrogen-bond donors (Lipinski definition) is 2. The van der Waals surface area contributed by atoms with E-state index in [-0.39, 0.29) is 0 Å². The summed E-state index contributed by atoms with van der Waals surface area (Å²) in [6.07, 6.45) is 0. The Bertz CT molecular complexity index is 747. The van der Waals surface area contributed by atoms with Crippen molar-refractivity contribution in [2.75, 3.05) is 11.1 Å². The zero-order valence-electron chi connectivity index (χ0n) is 11.0. The first kappa shape index (κ1) is 13.0. The van der Waals surface area contributed by atoms with Gasteiger partial charge in [0.25, 0.3) is 0 Å². The zero-order valence-corrected chi connectivity index (χ0v) is 12.7. The fraction of sp³-hybridized carbons (Fsp3) is 0.154. The number of hydrogen-bond acceptors (Lipinski definition) is 7. The molecule has 5 nitrogen and oxygen atoms in total. The number of nitrogens with two attached hydrogens (primary N) is 1. The lowest BCUT2D eigenvalue weighted by Gasteiger charge is -2.01. The van der Waals surface area contributed by atoms with Gasteiger partial charge in [0.1, 0.15) is 5.82 Å². The SMILES string of the molecule is Cc1cccc(Nc2nc(-c3sc(N)nc3C)cs2)n1. The van der Waals surface area contributed by atoms with Crippen molar-refractivity contribution in [1.82, 2.24) is 15.0 Å². The van der Waals surface area contributed by atoms with Crippen LogP contribution in [0.15, 0.2) is 23.6 Å². The third kappa shape index (κ3) is 2.63. The lowest BCUT2D eigenvalue weighted by atomic mass is 10.3. The Morgan fingerprint density at radius 3 is 2.70 bits per heavy atom. The number of pyridine rings is 1. The van der Waals surface area contributed by atoms with Crippen molar-refractivity contribution < 1.29 is 0 Å². The summed E-state index contributed by atoms with van der Waals surface area (Å²) in [4.78, 5) is 14.2. The Hall–Kier alpha value is -1.99. The monoisotopic (exact) mass is 303 g/mol. The topological polar surface area (TPSA) is 76.7 Å². The van der Waals surface area contributed by atoms with Gasteiger partial charge in [0.05, 0.1) is 16.3 Å². The van der Waals surface area contributed by atoms with Crippen LogP contribution in [0.1, 0.15) is 11.4 Å². The van der Waals surface area contributed by atoms with Gasteiger partial charge in [-0.3, -0.25) is 0 Å². The molecule has 0 unspecified atom stereocenters. The number of thiazole rings is 2. The van der Waals surface area contributed by atoms with E-state index in [2.05, 4.69) is 20.3 Å². The van der Waals surface area contributed by atoms with Crippen molar-refractivity contribution in [1.29, 1.82) is 0 Å². The van der Waals surface area contributed by atoms with E-state index in [1.165, 1.54) is 22.7 Å². The summed E-state index contributed by atoms with van der Waals surface area (Å²) in [5.41, 5.74) is 8.51. The summed E-state index contributed by atoms with van der Waals surface area (Å²) in [6.45, 7) is 3.90. The Balaban J connectivity index is 1.85. The van der Waals surface area contributed by atoms with Crippen LogP contribution >= 0.6 is 22.7 Å². The number of rotatable bonds is 3. The highest BCUT2D eigenvalue weighted by molar-refractivity contribution is 7.19. The minimum atomic E-state index is 0.570. The van der Waals surface area contributed by atoms with Crippen LogP contribution < -0.4 is 11.1 Å². The molecule has 0 amide bonds. The third-order valence-corrected chi connectivity index (χ3v) is 4.44. The molecule has 3 heterocycles. The van der Waals surface area contributed by atoms with Crippen LogP contribution in [-0.4, -0.2) is 15.0 Å². The molecule has 3 aromatic rings. The van der Waals surface area contributed by atoms with Crippen molar-refractivity contribution in [3.8, 4) is 10.6 Å². The van der Waals surface area contributed by atoms with E-state index in [1.54, 1.807) is 0 Å². The Morgan fingerprint density at radius 1 is 1.15 bits per heavy atom. The number of nitrogens with zero attached hydrogens (tertiary/aromatic N) is 3. The van der Waals surface area contributed by atoms with Gasteiger partial charge in [-0.2, -0.15) is 0 Å². The van der Waals surface area contributed by atoms with E-state index in [0.29, 0.717) is 5.13 Å². The summed E-state index contributed by atoms with van der Waals surface area (Å²) in [6, 6.07) is 5.85. The van der Waals surface area contributed by atoms with E-state index in [9.17, 15) is 0 Å². The van der Waals surface area contributed by atoms with Crippen molar-refractivity contribution >= 4 is 38.8 Å². The van der Waals surface area contributed by atoms with E-state index >= 15 is 0 Å². The fourth-order valence-electron chi connectivity index (χ4n) is 1.81. The van der Waals surface area contributed by atoms with Crippen LogP contribution in [0.4, 0.5) is 16.1 Å². The first-order valence-corrected chi connectivity index (χ1v) is 7.71. The minimum Gasteiger partial charge on any atom is -0.375 e. The quantitative estimate of drug-likeness (QED) is 0.773. The molecule has 0 spiro atoms. The number of aromatic nitrogens is 3.